The Morgan fingerprint density at radius 1 is 1.15 bits per heavy atom. The SMILES string of the molecule is COc1ccc(N2CCC(NS(=O)(=O)Cc3ccc(Cl)cc3)C2=O)cc1. The van der Waals surface area contributed by atoms with Crippen LogP contribution >= 0.6 is 11.6 Å². The molecule has 0 aliphatic carbocycles. The Hall–Kier alpha value is -2.09. The quantitative estimate of drug-likeness (QED) is 0.817. The molecule has 8 heteroatoms. The van der Waals surface area contributed by atoms with E-state index in [0.29, 0.717) is 29.3 Å². The number of nitrogens with zero attached hydrogens (tertiary/aromatic N) is 1. The molecule has 1 aliphatic rings. The number of benzene rings is 2. The largest absolute Gasteiger partial charge is 0.497 e. The molecule has 1 heterocycles. The number of hydrogen-bond acceptors (Lipinski definition) is 4. The predicted molar refractivity (Wildman–Crippen MR) is 101 cm³/mol. The fourth-order valence-corrected chi connectivity index (χ4v) is 4.36. The van der Waals surface area contributed by atoms with Gasteiger partial charge in [-0.1, -0.05) is 23.7 Å². The molecule has 138 valence electrons. The van der Waals surface area contributed by atoms with Gasteiger partial charge in [-0.15, -0.1) is 0 Å². The predicted octanol–water partition coefficient (Wildman–Crippen LogP) is 2.57. The van der Waals surface area contributed by atoms with Crippen LogP contribution in [-0.4, -0.2) is 34.0 Å². The Morgan fingerprint density at radius 2 is 1.81 bits per heavy atom. The minimum absolute atomic E-state index is 0.198. The molecule has 26 heavy (non-hydrogen) atoms. The average Bonchev–Trinajstić information content (AvgIpc) is 2.97. The van der Waals surface area contributed by atoms with E-state index in [2.05, 4.69) is 4.72 Å². The van der Waals surface area contributed by atoms with Crippen molar-refractivity contribution in [3.05, 3.63) is 59.1 Å². The van der Waals surface area contributed by atoms with E-state index in [1.807, 2.05) is 0 Å². The van der Waals surface area contributed by atoms with Gasteiger partial charge in [-0.25, -0.2) is 13.1 Å². The minimum Gasteiger partial charge on any atom is -0.497 e. The van der Waals surface area contributed by atoms with Crippen molar-refractivity contribution in [1.29, 1.82) is 0 Å². The van der Waals surface area contributed by atoms with E-state index >= 15 is 0 Å². The Balaban J connectivity index is 1.66. The standard InChI is InChI=1S/C18H19ClN2O4S/c1-25-16-8-6-15(7-9-16)21-11-10-17(18(21)22)20-26(23,24)12-13-2-4-14(19)5-3-13/h2-9,17,20H,10-12H2,1H3. The fraction of sp³-hybridized carbons (Fsp3) is 0.278. The van der Waals surface area contributed by atoms with Crippen LogP contribution in [0.2, 0.25) is 5.02 Å². The number of rotatable bonds is 6. The first-order valence-electron chi connectivity index (χ1n) is 8.08. The third-order valence-corrected chi connectivity index (χ3v) is 5.79. The van der Waals surface area contributed by atoms with Gasteiger partial charge in [0.25, 0.3) is 0 Å². The van der Waals surface area contributed by atoms with Crippen molar-refractivity contribution in [2.75, 3.05) is 18.6 Å². The normalized spacial score (nSPS) is 17.5. The summed E-state index contributed by atoms with van der Waals surface area (Å²) in [5.41, 5.74) is 1.33. The number of nitrogens with one attached hydrogen (secondary N) is 1. The molecule has 0 bridgehead atoms. The smallest absolute Gasteiger partial charge is 0.245 e. The van der Waals surface area contributed by atoms with E-state index in [1.165, 1.54) is 0 Å². The first-order chi connectivity index (χ1) is 12.4. The third-order valence-electron chi connectivity index (χ3n) is 4.18. The number of carbonyl (C=O) groups is 1. The summed E-state index contributed by atoms with van der Waals surface area (Å²) >= 11 is 5.81. The number of methoxy groups -OCH3 is 1. The molecule has 1 N–H and O–H groups in total. The monoisotopic (exact) mass is 394 g/mol. The van der Waals surface area contributed by atoms with Crippen LogP contribution < -0.4 is 14.4 Å². The number of ether oxygens (including phenoxy) is 1. The molecule has 2 aromatic carbocycles. The molecular weight excluding hydrogens is 376 g/mol. The third kappa shape index (κ3) is 4.35. The highest BCUT2D eigenvalue weighted by Crippen LogP contribution is 2.24. The van der Waals surface area contributed by atoms with Crippen LogP contribution in [0, 0.1) is 0 Å². The maximum atomic E-state index is 12.6. The van der Waals surface area contributed by atoms with Crippen molar-refractivity contribution in [2.24, 2.45) is 0 Å². The van der Waals surface area contributed by atoms with Crippen LogP contribution in [0.15, 0.2) is 48.5 Å². The van der Waals surface area contributed by atoms with E-state index in [9.17, 15) is 13.2 Å². The second-order valence-electron chi connectivity index (χ2n) is 6.03. The van der Waals surface area contributed by atoms with Crippen LogP contribution in [0.5, 0.6) is 5.75 Å². The Kier molecular flexibility index (Phi) is 5.50. The highest BCUT2D eigenvalue weighted by molar-refractivity contribution is 7.88. The summed E-state index contributed by atoms with van der Waals surface area (Å²) in [6.07, 6.45) is 0.421. The zero-order chi connectivity index (χ0) is 18.7. The van der Waals surface area contributed by atoms with Crippen LogP contribution in [0.1, 0.15) is 12.0 Å². The molecule has 1 atom stereocenters. The van der Waals surface area contributed by atoms with Crippen molar-refractivity contribution in [2.45, 2.75) is 18.2 Å². The van der Waals surface area contributed by atoms with Gasteiger partial charge in [0, 0.05) is 17.3 Å². The first kappa shape index (κ1) is 18.7. The molecule has 1 aliphatic heterocycles. The lowest BCUT2D eigenvalue weighted by molar-refractivity contribution is -0.118. The van der Waals surface area contributed by atoms with E-state index in [4.69, 9.17) is 16.3 Å². The topological polar surface area (TPSA) is 75.7 Å². The van der Waals surface area contributed by atoms with Crippen molar-refractivity contribution >= 4 is 33.2 Å². The molecule has 1 saturated heterocycles. The zero-order valence-electron chi connectivity index (χ0n) is 14.2. The summed E-state index contributed by atoms with van der Waals surface area (Å²) in [7, 11) is -2.07. The molecule has 0 radical (unpaired) electrons. The number of hydrogen-bond donors (Lipinski definition) is 1. The summed E-state index contributed by atoms with van der Waals surface area (Å²) in [5, 5.41) is 0.542. The summed E-state index contributed by atoms with van der Waals surface area (Å²) < 4.78 is 32.4. The molecule has 0 saturated carbocycles. The van der Waals surface area contributed by atoms with Crippen LogP contribution in [0.25, 0.3) is 0 Å². The van der Waals surface area contributed by atoms with E-state index < -0.39 is 16.1 Å². The fourth-order valence-electron chi connectivity index (χ4n) is 2.87. The van der Waals surface area contributed by atoms with Crippen molar-refractivity contribution in [3.63, 3.8) is 0 Å². The Morgan fingerprint density at radius 3 is 2.42 bits per heavy atom. The van der Waals surface area contributed by atoms with Crippen molar-refractivity contribution < 1.29 is 17.9 Å². The molecule has 3 rings (SSSR count). The summed E-state index contributed by atoms with van der Waals surface area (Å²) in [4.78, 5) is 14.2. The lowest BCUT2D eigenvalue weighted by Gasteiger charge is -2.17. The Bertz CT molecular complexity index is 882. The highest BCUT2D eigenvalue weighted by atomic mass is 35.5. The van der Waals surface area contributed by atoms with E-state index in [0.717, 1.165) is 5.69 Å². The number of carbonyl (C=O) groups excluding carboxylic acids is 1. The van der Waals surface area contributed by atoms with E-state index in [1.54, 1.807) is 60.5 Å². The molecule has 1 unspecified atom stereocenters. The van der Waals surface area contributed by atoms with Gasteiger partial charge >= 0.3 is 0 Å². The molecular formula is C18H19ClN2O4S. The van der Waals surface area contributed by atoms with Gasteiger partial charge in [-0.2, -0.15) is 0 Å². The molecule has 6 nitrogen and oxygen atoms in total. The number of anilines is 1. The van der Waals surface area contributed by atoms with Gasteiger partial charge in [0.2, 0.25) is 15.9 Å². The van der Waals surface area contributed by atoms with Gasteiger partial charge < -0.3 is 9.64 Å². The summed E-state index contributed by atoms with van der Waals surface area (Å²) in [6, 6.07) is 12.9. The van der Waals surface area contributed by atoms with Crippen molar-refractivity contribution in [1.82, 2.24) is 4.72 Å². The minimum atomic E-state index is -3.64. The second-order valence-corrected chi connectivity index (χ2v) is 8.22. The van der Waals surface area contributed by atoms with Crippen LogP contribution in [0.3, 0.4) is 0 Å². The lowest BCUT2D eigenvalue weighted by Crippen LogP contribution is -2.41. The Labute approximate surface area is 157 Å². The van der Waals surface area contributed by atoms with Gasteiger partial charge in [0.1, 0.15) is 11.8 Å². The number of sulfonamides is 1. The molecule has 2 aromatic rings. The summed E-state index contributed by atoms with van der Waals surface area (Å²) in [5.74, 6) is 0.242. The maximum absolute atomic E-state index is 12.6. The average molecular weight is 395 g/mol. The first-order valence-corrected chi connectivity index (χ1v) is 10.1. The highest BCUT2D eigenvalue weighted by Gasteiger charge is 2.35. The maximum Gasteiger partial charge on any atom is 0.245 e. The lowest BCUT2D eigenvalue weighted by atomic mass is 10.2. The van der Waals surface area contributed by atoms with Gasteiger partial charge in [0.15, 0.2) is 0 Å². The van der Waals surface area contributed by atoms with Gasteiger partial charge in [0.05, 0.1) is 12.9 Å². The molecule has 1 amide bonds. The van der Waals surface area contributed by atoms with Crippen molar-refractivity contribution in [3.8, 4) is 5.75 Å². The zero-order valence-corrected chi connectivity index (χ0v) is 15.8. The van der Waals surface area contributed by atoms with Gasteiger partial charge in [-0.3, -0.25) is 4.79 Å². The molecule has 0 aromatic heterocycles. The number of halogens is 1. The number of amides is 1. The second kappa shape index (κ2) is 7.65. The van der Waals surface area contributed by atoms with Gasteiger partial charge in [-0.05, 0) is 48.4 Å². The van der Waals surface area contributed by atoms with Crippen LogP contribution in [0.4, 0.5) is 5.69 Å². The molecule has 0 spiro atoms. The van der Waals surface area contributed by atoms with E-state index in [-0.39, 0.29) is 11.7 Å². The molecule has 1 fully saturated rings. The van der Waals surface area contributed by atoms with Crippen LogP contribution in [-0.2, 0) is 20.6 Å². The summed E-state index contributed by atoms with van der Waals surface area (Å²) in [6.45, 7) is 0.458.